The fourth-order valence-electron chi connectivity index (χ4n) is 1.19. The second-order valence-corrected chi connectivity index (χ2v) is 5.24. The first-order valence-electron chi connectivity index (χ1n) is 3.46. The number of hydrogen-bond acceptors (Lipinski definition) is 2. The zero-order valence-corrected chi connectivity index (χ0v) is 8.33. The Morgan fingerprint density at radius 1 is 1.73 bits per heavy atom. The van der Waals surface area contributed by atoms with Gasteiger partial charge in [-0.25, -0.2) is 0 Å². The molecule has 2 nitrogen and oxygen atoms in total. The Labute approximate surface area is 79.1 Å². The van der Waals surface area contributed by atoms with Crippen LogP contribution in [-0.4, -0.2) is 11.6 Å². The maximum Gasteiger partial charge on any atom is 0.127 e. The number of pyridine rings is 1. The van der Waals surface area contributed by atoms with E-state index in [0.29, 0.717) is 0 Å². The van der Waals surface area contributed by atoms with Gasteiger partial charge in [0.1, 0.15) is 12.4 Å². The summed E-state index contributed by atoms with van der Waals surface area (Å²) < 4.78 is 5.58. The lowest BCUT2D eigenvalue weighted by atomic mass is 10.1. The summed E-state index contributed by atoms with van der Waals surface area (Å²) in [6.45, 7) is 2.91. The number of aromatic nitrogens is 1. The molecule has 0 saturated carbocycles. The van der Waals surface area contributed by atoms with Gasteiger partial charge in [0.05, 0.1) is 3.42 Å². The number of rotatable bonds is 0. The number of fused-ring (bicyclic) bond motifs is 1. The molecule has 58 valence electrons. The van der Waals surface area contributed by atoms with E-state index in [2.05, 4.69) is 34.5 Å². The summed E-state index contributed by atoms with van der Waals surface area (Å²) in [5.41, 5.74) is 1.21. The van der Waals surface area contributed by atoms with E-state index in [1.807, 2.05) is 12.3 Å². The molecule has 0 radical (unpaired) electrons. The van der Waals surface area contributed by atoms with Crippen LogP contribution in [0.5, 0.6) is 5.75 Å². The van der Waals surface area contributed by atoms with Gasteiger partial charge in [-0.05, 0) is 13.0 Å². The first kappa shape index (κ1) is 7.34. The minimum Gasteiger partial charge on any atom is -0.491 e. The van der Waals surface area contributed by atoms with Crippen LogP contribution in [0.15, 0.2) is 18.5 Å². The van der Waals surface area contributed by atoms with Crippen molar-refractivity contribution in [3.8, 4) is 5.75 Å². The fraction of sp³-hybridized carbons (Fsp3) is 0.375. The van der Waals surface area contributed by atoms with Gasteiger partial charge in [-0.1, -0.05) is 22.6 Å². The Morgan fingerprint density at radius 2 is 2.55 bits per heavy atom. The van der Waals surface area contributed by atoms with E-state index in [1.54, 1.807) is 6.20 Å². The van der Waals surface area contributed by atoms with Crippen molar-refractivity contribution >= 4 is 22.6 Å². The molecule has 0 bridgehead atoms. The predicted octanol–water partition coefficient (Wildman–Crippen LogP) is 2.12. The molecule has 1 unspecified atom stereocenters. The van der Waals surface area contributed by atoms with Crippen LogP contribution in [-0.2, 0) is 3.42 Å². The van der Waals surface area contributed by atoms with Crippen molar-refractivity contribution in [1.82, 2.24) is 4.98 Å². The molecule has 0 saturated heterocycles. The van der Waals surface area contributed by atoms with Crippen LogP contribution in [0.2, 0.25) is 0 Å². The highest BCUT2D eigenvalue weighted by Crippen LogP contribution is 2.42. The molecule has 0 fully saturated rings. The molecule has 1 atom stereocenters. The van der Waals surface area contributed by atoms with Gasteiger partial charge >= 0.3 is 0 Å². The molecule has 1 aromatic heterocycles. The lowest BCUT2D eigenvalue weighted by molar-refractivity contribution is 0.331. The van der Waals surface area contributed by atoms with Crippen molar-refractivity contribution < 1.29 is 4.74 Å². The van der Waals surface area contributed by atoms with Gasteiger partial charge in [-0.3, -0.25) is 4.98 Å². The Bertz CT molecular complexity index is 285. The maximum atomic E-state index is 5.47. The summed E-state index contributed by atoms with van der Waals surface area (Å²) >= 11 is 2.39. The van der Waals surface area contributed by atoms with Gasteiger partial charge in [-0.2, -0.15) is 0 Å². The van der Waals surface area contributed by atoms with E-state index in [0.717, 1.165) is 12.4 Å². The third kappa shape index (κ3) is 1.11. The van der Waals surface area contributed by atoms with Crippen molar-refractivity contribution in [2.45, 2.75) is 10.3 Å². The first-order chi connectivity index (χ1) is 5.20. The molecule has 1 aliphatic heterocycles. The van der Waals surface area contributed by atoms with Gasteiger partial charge in [0.2, 0.25) is 0 Å². The van der Waals surface area contributed by atoms with E-state index in [-0.39, 0.29) is 3.42 Å². The van der Waals surface area contributed by atoms with Crippen LogP contribution < -0.4 is 4.74 Å². The monoisotopic (exact) mass is 261 g/mol. The van der Waals surface area contributed by atoms with Crippen LogP contribution in [0, 0.1) is 0 Å². The Kier molecular flexibility index (Phi) is 1.56. The van der Waals surface area contributed by atoms with Crippen molar-refractivity contribution in [3.63, 3.8) is 0 Å². The molecule has 1 aromatic rings. The zero-order valence-electron chi connectivity index (χ0n) is 6.17. The minimum atomic E-state index is 0.112. The molecule has 2 rings (SSSR count). The van der Waals surface area contributed by atoms with E-state index in [4.69, 9.17) is 4.74 Å². The van der Waals surface area contributed by atoms with Crippen LogP contribution in [0.1, 0.15) is 12.5 Å². The van der Waals surface area contributed by atoms with Crippen LogP contribution in [0.25, 0.3) is 0 Å². The van der Waals surface area contributed by atoms with E-state index < -0.39 is 0 Å². The number of hydrogen-bond donors (Lipinski definition) is 0. The first-order valence-corrected chi connectivity index (χ1v) is 4.54. The summed E-state index contributed by atoms with van der Waals surface area (Å²) in [5, 5.41) is 0. The smallest absolute Gasteiger partial charge is 0.127 e. The second kappa shape index (κ2) is 2.33. The molecule has 11 heavy (non-hydrogen) atoms. The predicted molar refractivity (Wildman–Crippen MR) is 51.1 cm³/mol. The molecule has 1 aliphatic rings. The minimum absolute atomic E-state index is 0.112. The second-order valence-electron chi connectivity index (χ2n) is 2.86. The molecular formula is C8H8INO. The van der Waals surface area contributed by atoms with Gasteiger partial charge in [-0.15, -0.1) is 0 Å². The lowest BCUT2D eigenvalue weighted by Gasteiger charge is -2.11. The topological polar surface area (TPSA) is 22.1 Å². The zero-order chi connectivity index (χ0) is 7.90. The molecule has 0 aliphatic carbocycles. The Balaban J connectivity index is 2.56. The molecular weight excluding hydrogens is 253 g/mol. The third-order valence-corrected chi connectivity index (χ3v) is 2.73. The largest absolute Gasteiger partial charge is 0.491 e. The SMILES string of the molecule is CC1(I)COc2ccncc21. The fourth-order valence-corrected chi connectivity index (χ4v) is 1.75. The Hall–Kier alpha value is -0.320. The normalized spacial score (nSPS) is 27.8. The summed E-state index contributed by atoms with van der Waals surface area (Å²) in [6, 6.07) is 1.92. The Morgan fingerprint density at radius 3 is 3.27 bits per heavy atom. The molecule has 0 aromatic carbocycles. The quantitative estimate of drug-likeness (QED) is 0.527. The average molecular weight is 261 g/mol. The van der Waals surface area contributed by atoms with E-state index >= 15 is 0 Å². The summed E-state index contributed by atoms with van der Waals surface area (Å²) in [5.74, 6) is 0.983. The number of halogens is 1. The van der Waals surface area contributed by atoms with Gasteiger partial charge in [0, 0.05) is 18.0 Å². The lowest BCUT2D eigenvalue weighted by Crippen LogP contribution is -2.13. The van der Waals surface area contributed by atoms with Crippen LogP contribution >= 0.6 is 22.6 Å². The summed E-state index contributed by atoms with van der Waals surface area (Å²) in [7, 11) is 0. The van der Waals surface area contributed by atoms with Crippen molar-refractivity contribution in [2.75, 3.05) is 6.61 Å². The molecule has 0 N–H and O–H groups in total. The van der Waals surface area contributed by atoms with Gasteiger partial charge in [0.15, 0.2) is 0 Å². The third-order valence-electron chi connectivity index (χ3n) is 1.84. The number of ether oxygens (including phenoxy) is 1. The maximum absolute atomic E-state index is 5.47. The van der Waals surface area contributed by atoms with E-state index in [1.165, 1.54) is 5.56 Å². The highest BCUT2D eigenvalue weighted by molar-refractivity contribution is 14.1. The van der Waals surface area contributed by atoms with Crippen molar-refractivity contribution in [2.24, 2.45) is 0 Å². The molecule has 0 spiro atoms. The summed E-state index contributed by atoms with van der Waals surface area (Å²) in [4.78, 5) is 4.07. The highest BCUT2D eigenvalue weighted by atomic mass is 127. The van der Waals surface area contributed by atoms with Gasteiger partial charge < -0.3 is 4.74 Å². The summed E-state index contributed by atoms with van der Waals surface area (Å²) in [6.07, 6.45) is 3.64. The molecule has 2 heterocycles. The van der Waals surface area contributed by atoms with Gasteiger partial charge in [0.25, 0.3) is 0 Å². The molecule has 3 heteroatoms. The average Bonchev–Trinajstić information content (AvgIpc) is 2.29. The number of alkyl halides is 1. The van der Waals surface area contributed by atoms with Crippen molar-refractivity contribution in [1.29, 1.82) is 0 Å². The number of nitrogens with zero attached hydrogens (tertiary/aromatic N) is 1. The molecule has 0 amide bonds. The highest BCUT2D eigenvalue weighted by Gasteiger charge is 2.33. The van der Waals surface area contributed by atoms with Crippen LogP contribution in [0.4, 0.5) is 0 Å². The van der Waals surface area contributed by atoms with Crippen molar-refractivity contribution in [3.05, 3.63) is 24.0 Å². The van der Waals surface area contributed by atoms with E-state index in [9.17, 15) is 0 Å². The standard InChI is InChI=1S/C8H8INO/c1-8(9)5-11-7-2-3-10-4-6(7)8/h2-4H,5H2,1H3. The van der Waals surface area contributed by atoms with Crippen LogP contribution in [0.3, 0.4) is 0 Å².